The fraction of sp³-hybridized carbons (Fsp3) is 0. The summed E-state index contributed by atoms with van der Waals surface area (Å²) in [7, 11) is 0. The third-order valence-electron chi connectivity index (χ3n) is 0. The SMILES string of the molecule is [Cl-].[Cl-].[Cl-].[Cl-].[Cl-].[Cl-].[Cl-].[Cl-].[Co+2].[Mo+6]. The smallest absolute Gasteiger partial charge is 1.00 e. The molecule has 0 unspecified atom stereocenters. The summed E-state index contributed by atoms with van der Waals surface area (Å²) in [6.07, 6.45) is 0. The van der Waals surface area contributed by atoms with Crippen molar-refractivity contribution in [2.24, 2.45) is 0 Å². The summed E-state index contributed by atoms with van der Waals surface area (Å²) in [5, 5.41) is 0. The normalized spacial score (nSPS) is 0. The number of hydrogen-bond donors (Lipinski definition) is 0. The summed E-state index contributed by atoms with van der Waals surface area (Å²) in [5.74, 6) is 0. The summed E-state index contributed by atoms with van der Waals surface area (Å²) in [5.41, 5.74) is 0. The van der Waals surface area contributed by atoms with Crippen LogP contribution in [-0.4, -0.2) is 0 Å². The van der Waals surface area contributed by atoms with Gasteiger partial charge in [0.25, 0.3) is 0 Å². The van der Waals surface area contributed by atoms with E-state index >= 15 is 0 Å². The van der Waals surface area contributed by atoms with E-state index in [2.05, 4.69) is 0 Å². The van der Waals surface area contributed by atoms with Gasteiger partial charge < -0.3 is 99.3 Å². The van der Waals surface area contributed by atoms with Crippen LogP contribution < -0.4 is 99.3 Å². The number of halogens is 8. The number of rotatable bonds is 0. The first kappa shape index (κ1) is 171. The van der Waals surface area contributed by atoms with Gasteiger partial charge in [-0.25, -0.2) is 0 Å². The van der Waals surface area contributed by atoms with Crippen LogP contribution in [0.5, 0.6) is 0 Å². The molecule has 0 aliphatic carbocycles. The van der Waals surface area contributed by atoms with Gasteiger partial charge in [-0.3, -0.25) is 0 Å². The summed E-state index contributed by atoms with van der Waals surface area (Å²) in [6.45, 7) is 0. The Bertz CT molecular complexity index is 9.22. The van der Waals surface area contributed by atoms with Crippen LogP contribution in [-0.2, 0) is 37.8 Å². The Morgan fingerprint density at radius 1 is 0.300 bits per heavy atom. The summed E-state index contributed by atoms with van der Waals surface area (Å²) < 4.78 is 0. The van der Waals surface area contributed by atoms with Gasteiger partial charge in [0.1, 0.15) is 0 Å². The van der Waals surface area contributed by atoms with E-state index in [4.69, 9.17) is 0 Å². The van der Waals surface area contributed by atoms with Crippen LogP contribution >= 0.6 is 0 Å². The molecule has 0 aliphatic heterocycles. The van der Waals surface area contributed by atoms with Crippen LogP contribution in [0, 0.1) is 0 Å². The van der Waals surface area contributed by atoms with Crippen molar-refractivity contribution >= 4 is 0 Å². The standard InChI is InChI=1S/8ClH.Co.Mo/h8*1H;;/q;;;;;;;;+2;+6/p-8. The summed E-state index contributed by atoms with van der Waals surface area (Å²) in [6, 6.07) is 0. The molecular weight excluding hydrogens is 438 g/mol. The maximum absolute atomic E-state index is 0. The molecular formula is Cl8CoMo. The Balaban J connectivity index is 0. The molecule has 0 N–H and O–H groups in total. The second-order valence-electron chi connectivity index (χ2n) is 0. The minimum Gasteiger partial charge on any atom is -1.00 e. The zero-order valence-corrected chi connectivity index (χ0v) is 12.9. The van der Waals surface area contributed by atoms with E-state index in [1.54, 1.807) is 0 Å². The fourth-order valence-corrected chi connectivity index (χ4v) is 0. The molecule has 0 aromatic heterocycles. The van der Waals surface area contributed by atoms with E-state index in [0.717, 1.165) is 0 Å². The molecule has 0 heterocycles. The maximum atomic E-state index is 0. The van der Waals surface area contributed by atoms with Gasteiger partial charge in [-0.1, -0.05) is 0 Å². The van der Waals surface area contributed by atoms with Gasteiger partial charge in [0.15, 0.2) is 0 Å². The van der Waals surface area contributed by atoms with E-state index in [1.807, 2.05) is 0 Å². The molecule has 10 heavy (non-hydrogen) atoms. The molecule has 0 spiro atoms. The molecule has 10 heteroatoms. The molecule has 0 rings (SSSR count). The van der Waals surface area contributed by atoms with Gasteiger partial charge in [-0.05, 0) is 0 Å². The second-order valence-corrected chi connectivity index (χ2v) is 0. The van der Waals surface area contributed by atoms with E-state index in [1.165, 1.54) is 0 Å². The van der Waals surface area contributed by atoms with Gasteiger partial charge in [-0.2, -0.15) is 0 Å². The molecule has 0 aromatic carbocycles. The first-order valence-corrected chi connectivity index (χ1v) is 0. The van der Waals surface area contributed by atoms with Gasteiger partial charge in [0.2, 0.25) is 0 Å². The van der Waals surface area contributed by atoms with Crippen LogP contribution in [0.3, 0.4) is 0 Å². The average molecular weight is 438 g/mol. The molecule has 0 fully saturated rings. The fourth-order valence-electron chi connectivity index (χ4n) is 0. The van der Waals surface area contributed by atoms with E-state index in [-0.39, 0.29) is 137 Å². The van der Waals surface area contributed by atoms with Gasteiger partial charge in [-0.15, -0.1) is 0 Å². The van der Waals surface area contributed by atoms with Crippen molar-refractivity contribution in [2.75, 3.05) is 0 Å². The van der Waals surface area contributed by atoms with Gasteiger partial charge in [0, 0.05) is 0 Å². The van der Waals surface area contributed by atoms with E-state index in [0.29, 0.717) is 0 Å². The zero-order chi connectivity index (χ0) is 0. The Morgan fingerprint density at radius 3 is 0.300 bits per heavy atom. The number of hydrogen-bond acceptors (Lipinski definition) is 0. The third-order valence-corrected chi connectivity index (χ3v) is 0. The quantitative estimate of drug-likeness (QED) is 0.330. The molecule has 71 valence electrons. The van der Waals surface area contributed by atoms with Crippen molar-refractivity contribution in [2.45, 2.75) is 0 Å². The van der Waals surface area contributed by atoms with Crippen LogP contribution in [0.1, 0.15) is 0 Å². The monoisotopic (exact) mass is 437 g/mol. The van der Waals surface area contributed by atoms with E-state index in [9.17, 15) is 0 Å². The molecule has 0 bridgehead atoms. The molecule has 0 saturated carbocycles. The van der Waals surface area contributed by atoms with Crippen LogP contribution in [0.2, 0.25) is 0 Å². The summed E-state index contributed by atoms with van der Waals surface area (Å²) in [4.78, 5) is 0. The first-order valence-electron chi connectivity index (χ1n) is 0. The maximum Gasteiger partial charge on any atom is 6.00 e. The third kappa shape index (κ3) is 103. The topological polar surface area (TPSA) is 0 Å². The predicted molar refractivity (Wildman–Crippen MR) is 0 cm³/mol. The summed E-state index contributed by atoms with van der Waals surface area (Å²) >= 11 is 0. The Kier molecular flexibility index (Phi) is 2300. The van der Waals surface area contributed by atoms with Crippen LogP contribution in [0.4, 0.5) is 0 Å². The Morgan fingerprint density at radius 2 is 0.300 bits per heavy atom. The van der Waals surface area contributed by atoms with Crippen molar-refractivity contribution in [1.82, 2.24) is 0 Å². The van der Waals surface area contributed by atoms with Crippen molar-refractivity contribution < 1.29 is 137 Å². The zero-order valence-electron chi connectivity index (χ0n) is 3.77. The minimum absolute atomic E-state index is 0. The van der Waals surface area contributed by atoms with E-state index < -0.39 is 0 Å². The van der Waals surface area contributed by atoms with Crippen LogP contribution in [0.15, 0.2) is 0 Å². The molecule has 0 atom stereocenters. The van der Waals surface area contributed by atoms with Crippen molar-refractivity contribution in [3.63, 3.8) is 0 Å². The molecule has 0 amide bonds. The van der Waals surface area contributed by atoms with Crippen molar-refractivity contribution in [1.29, 1.82) is 0 Å². The average Bonchev–Trinajstić information content (AvgIpc) is 0. The van der Waals surface area contributed by atoms with Crippen molar-refractivity contribution in [3.8, 4) is 0 Å². The minimum atomic E-state index is 0. The molecule has 0 saturated heterocycles. The Hall–Kier alpha value is 3.51. The molecule has 0 aliphatic rings. The van der Waals surface area contributed by atoms with Gasteiger partial charge >= 0.3 is 37.8 Å². The second kappa shape index (κ2) is 134. The molecule has 0 aromatic rings. The van der Waals surface area contributed by atoms with Crippen LogP contribution in [0.25, 0.3) is 0 Å². The molecule has 0 nitrogen and oxygen atoms in total. The predicted octanol–water partition coefficient (Wildman–Crippen LogP) is -24.0. The van der Waals surface area contributed by atoms with Gasteiger partial charge in [0.05, 0.1) is 0 Å². The molecule has 1 radical (unpaired) electrons. The first-order chi connectivity index (χ1) is 0. The van der Waals surface area contributed by atoms with Crippen molar-refractivity contribution in [3.05, 3.63) is 0 Å². The largest absolute Gasteiger partial charge is 6.00 e. The Labute approximate surface area is 135 Å².